The van der Waals surface area contributed by atoms with Crippen molar-refractivity contribution in [2.75, 3.05) is 0 Å². The fourth-order valence-electron chi connectivity index (χ4n) is 2.29. The Morgan fingerprint density at radius 3 is 2.54 bits per heavy atom. The summed E-state index contributed by atoms with van der Waals surface area (Å²) < 4.78 is 46.0. The topological polar surface area (TPSA) is 78.1 Å². The van der Waals surface area contributed by atoms with Crippen LogP contribution in [0, 0.1) is 6.92 Å². The number of benzene rings is 1. The minimum Gasteiger partial charge on any atom is -0.406 e. The van der Waals surface area contributed by atoms with Crippen LogP contribution in [0.3, 0.4) is 0 Å². The Morgan fingerprint density at radius 1 is 1.12 bits per heavy atom. The molecule has 0 unspecified atom stereocenters. The van der Waals surface area contributed by atoms with Crippen molar-refractivity contribution in [3.63, 3.8) is 0 Å². The maximum Gasteiger partial charge on any atom is 0.573 e. The van der Waals surface area contributed by atoms with Crippen LogP contribution in [0.4, 0.5) is 13.2 Å². The molecule has 0 atom stereocenters. The van der Waals surface area contributed by atoms with E-state index >= 15 is 0 Å². The van der Waals surface area contributed by atoms with Crippen LogP contribution in [0.5, 0.6) is 5.75 Å². The molecule has 0 fully saturated rings. The molecular weight excluding hydrogens is 389 g/mol. The van der Waals surface area contributed by atoms with Gasteiger partial charge in [0.05, 0.1) is 5.69 Å². The minimum absolute atomic E-state index is 0.255. The Labute approximate surface area is 152 Å². The smallest absolute Gasteiger partial charge is 0.406 e. The predicted octanol–water partition coefficient (Wildman–Crippen LogP) is 3.50. The van der Waals surface area contributed by atoms with Crippen LogP contribution < -0.4 is 4.74 Å². The van der Waals surface area contributed by atoms with E-state index in [1.165, 1.54) is 35.0 Å². The van der Waals surface area contributed by atoms with Crippen LogP contribution >= 0.6 is 22.9 Å². The normalized spacial score (nSPS) is 12.0. The fraction of sp³-hybridized carbons (Fsp3) is 0.214. The van der Waals surface area contributed by atoms with Crippen LogP contribution in [0.2, 0.25) is 0 Å². The summed E-state index contributed by atoms with van der Waals surface area (Å²) in [5, 5.41) is 17.4. The van der Waals surface area contributed by atoms with Crippen molar-refractivity contribution in [3.05, 3.63) is 40.5 Å². The Kier molecular flexibility index (Phi) is 4.07. The number of aromatic nitrogens is 6. The first-order valence-corrected chi connectivity index (χ1v) is 8.83. The van der Waals surface area contributed by atoms with E-state index in [1.54, 1.807) is 16.6 Å². The van der Waals surface area contributed by atoms with E-state index in [0.717, 1.165) is 21.1 Å². The van der Waals surface area contributed by atoms with Crippen molar-refractivity contribution < 1.29 is 17.9 Å². The molecule has 0 saturated heterocycles. The van der Waals surface area contributed by atoms with Gasteiger partial charge >= 0.3 is 6.36 Å². The lowest BCUT2D eigenvalue weighted by molar-refractivity contribution is -0.274. The largest absolute Gasteiger partial charge is 0.573 e. The molecule has 0 amide bonds. The molecule has 4 rings (SSSR count). The zero-order chi connectivity index (χ0) is 18.3. The molecule has 0 aliphatic rings. The first-order valence-electron chi connectivity index (χ1n) is 7.24. The van der Waals surface area contributed by atoms with Crippen LogP contribution in [0.1, 0.15) is 16.3 Å². The molecule has 0 N–H and O–H groups in total. The third-order valence-corrected chi connectivity index (χ3v) is 5.12. The van der Waals surface area contributed by atoms with Gasteiger partial charge in [-0.25, -0.2) is 0 Å². The molecule has 0 aliphatic heterocycles. The van der Waals surface area contributed by atoms with Crippen molar-refractivity contribution in [2.45, 2.75) is 19.7 Å². The summed E-state index contributed by atoms with van der Waals surface area (Å²) in [4.78, 5) is 1.42. The van der Waals surface area contributed by atoms with Gasteiger partial charge in [0.1, 0.15) is 15.6 Å². The monoisotopic (exact) mass is 398 g/mol. The number of halogens is 3. The number of fused-ring (bicyclic) bond motifs is 1. The molecule has 12 heteroatoms. The lowest BCUT2D eigenvalue weighted by atomic mass is 10.1. The van der Waals surface area contributed by atoms with Crippen molar-refractivity contribution in [3.8, 4) is 16.5 Å². The highest BCUT2D eigenvalue weighted by Crippen LogP contribution is 2.27. The molecule has 26 heavy (non-hydrogen) atoms. The minimum atomic E-state index is -4.70. The van der Waals surface area contributed by atoms with Gasteiger partial charge in [0.15, 0.2) is 5.82 Å². The van der Waals surface area contributed by atoms with E-state index in [1.807, 2.05) is 6.92 Å². The molecule has 1 aromatic carbocycles. The second-order valence-electron chi connectivity index (χ2n) is 5.27. The zero-order valence-electron chi connectivity index (χ0n) is 13.1. The van der Waals surface area contributed by atoms with Gasteiger partial charge in [-0.1, -0.05) is 28.0 Å². The highest BCUT2D eigenvalue weighted by atomic mass is 32.1. The third kappa shape index (κ3) is 3.37. The summed E-state index contributed by atoms with van der Waals surface area (Å²) in [5.74, 6) is 0.318. The summed E-state index contributed by atoms with van der Waals surface area (Å²) in [5.41, 5.74) is 1.56. The van der Waals surface area contributed by atoms with E-state index in [2.05, 4.69) is 29.6 Å². The van der Waals surface area contributed by atoms with Gasteiger partial charge in [-0.05, 0) is 36.2 Å². The van der Waals surface area contributed by atoms with Crippen LogP contribution in [0.15, 0.2) is 24.3 Å². The van der Waals surface area contributed by atoms with Crippen LogP contribution in [0.25, 0.3) is 15.7 Å². The Morgan fingerprint density at radius 2 is 1.88 bits per heavy atom. The standard InChI is InChI=1S/C14H9F3N6OS2/c1-7-11(26-22-18-7)12-19-20-13-23(12)21-10(25-13)6-8-2-4-9(5-3-8)24-14(15,16)17/h2-5H,6H2,1H3. The SMILES string of the molecule is Cc1nnsc1-c1nnc2sc(Cc3ccc(OC(F)(F)F)cc3)nn12. The zero-order valence-corrected chi connectivity index (χ0v) is 14.7. The van der Waals surface area contributed by atoms with E-state index in [4.69, 9.17) is 0 Å². The number of hydrogen-bond donors (Lipinski definition) is 0. The lowest BCUT2D eigenvalue weighted by Crippen LogP contribution is -2.17. The van der Waals surface area contributed by atoms with Crippen molar-refractivity contribution in [1.82, 2.24) is 29.4 Å². The number of rotatable bonds is 4. The molecule has 4 aromatic rings. The van der Waals surface area contributed by atoms with Crippen molar-refractivity contribution in [2.24, 2.45) is 0 Å². The summed E-state index contributed by atoms with van der Waals surface area (Å²) >= 11 is 2.58. The number of hydrogen-bond acceptors (Lipinski definition) is 8. The molecule has 0 bridgehead atoms. The van der Waals surface area contributed by atoms with Crippen molar-refractivity contribution >= 4 is 27.8 Å². The number of aryl methyl sites for hydroxylation is 1. The first-order chi connectivity index (χ1) is 12.4. The quantitative estimate of drug-likeness (QED) is 0.524. The summed E-state index contributed by atoms with van der Waals surface area (Å²) in [6.45, 7) is 1.83. The molecular formula is C14H9F3N6OS2. The van der Waals surface area contributed by atoms with Gasteiger partial charge in [0.2, 0.25) is 4.96 Å². The maximum absolute atomic E-state index is 12.2. The average Bonchev–Trinajstić information content (AvgIpc) is 3.24. The molecule has 0 radical (unpaired) electrons. The maximum atomic E-state index is 12.2. The third-order valence-electron chi connectivity index (χ3n) is 3.40. The van der Waals surface area contributed by atoms with Gasteiger partial charge < -0.3 is 4.74 Å². The molecule has 0 saturated carbocycles. The predicted molar refractivity (Wildman–Crippen MR) is 88.2 cm³/mol. The lowest BCUT2D eigenvalue weighted by Gasteiger charge is -2.08. The van der Waals surface area contributed by atoms with Crippen LogP contribution in [-0.4, -0.2) is 35.8 Å². The molecule has 134 valence electrons. The van der Waals surface area contributed by atoms with Crippen LogP contribution in [-0.2, 0) is 6.42 Å². The summed E-state index contributed by atoms with van der Waals surface area (Å²) in [7, 11) is 0. The second-order valence-corrected chi connectivity index (χ2v) is 7.06. The number of nitrogens with zero attached hydrogens (tertiary/aromatic N) is 6. The van der Waals surface area contributed by atoms with Gasteiger partial charge in [-0.15, -0.1) is 28.5 Å². The van der Waals surface area contributed by atoms with Gasteiger partial charge in [0.25, 0.3) is 0 Å². The van der Waals surface area contributed by atoms with Gasteiger partial charge in [0, 0.05) is 6.42 Å². The highest BCUT2D eigenvalue weighted by Gasteiger charge is 2.31. The van der Waals surface area contributed by atoms with Gasteiger partial charge in [-0.2, -0.15) is 9.61 Å². The van der Waals surface area contributed by atoms with E-state index in [-0.39, 0.29) is 5.75 Å². The summed E-state index contributed by atoms with van der Waals surface area (Å²) in [6.07, 6.45) is -4.24. The first kappa shape index (κ1) is 16.8. The van der Waals surface area contributed by atoms with Crippen molar-refractivity contribution in [1.29, 1.82) is 0 Å². The van der Waals surface area contributed by atoms with Gasteiger partial charge in [-0.3, -0.25) is 0 Å². The highest BCUT2D eigenvalue weighted by molar-refractivity contribution is 7.16. The van der Waals surface area contributed by atoms with E-state index in [0.29, 0.717) is 17.2 Å². The number of alkyl halides is 3. The molecule has 0 aliphatic carbocycles. The number of ether oxygens (including phenoxy) is 1. The summed E-state index contributed by atoms with van der Waals surface area (Å²) in [6, 6.07) is 5.70. The Balaban J connectivity index is 1.56. The fourth-order valence-corrected chi connectivity index (χ4v) is 3.78. The Bertz CT molecular complexity index is 1050. The van der Waals surface area contributed by atoms with E-state index in [9.17, 15) is 13.2 Å². The molecule has 3 aromatic heterocycles. The molecule has 7 nitrogen and oxygen atoms in total. The average molecular weight is 398 g/mol. The molecule has 3 heterocycles. The molecule has 0 spiro atoms. The second kappa shape index (κ2) is 6.29. The Hall–Kier alpha value is -2.60. The van der Waals surface area contributed by atoms with E-state index < -0.39 is 6.36 Å².